The fourth-order valence-electron chi connectivity index (χ4n) is 1.81. The lowest BCUT2D eigenvalue weighted by Gasteiger charge is -2.07. The number of thioether (sulfide) groups is 1. The third-order valence-electron chi connectivity index (χ3n) is 2.94. The molecule has 0 fully saturated rings. The second-order valence-electron chi connectivity index (χ2n) is 4.59. The van der Waals surface area contributed by atoms with Crippen molar-refractivity contribution in [1.29, 1.82) is 0 Å². The number of para-hydroxylation sites is 1. The van der Waals surface area contributed by atoms with E-state index in [0.717, 1.165) is 21.5 Å². The van der Waals surface area contributed by atoms with E-state index in [-0.39, 0.29) is 0 Å². The Bertz CT molecular complexity index is 752. The van der Waals surface area contributed by atoms with Crippen LogP contribution in [0.5, 0.6) is 0 Å². The molecule has 0 aliphatic rings. The van der Waals surface area contributed by atoms with Gasteiger partial charge in [0.15, 0.2) is 5.16 Å². The summed E-state index contributed by atoms with van der Waals surface area (Å²) < 4.78 is 1.87. The van der Waals surface area contributed by atoms with Gasteiger partial charge in [-0.05, 0) is 23.9 Å². The van der Waals surface area contributed by atoms with Crippen LogP contribution in [-0.2, 0) is 7.05 Å². The molecule has 3 rings (SSSR count). The normalized spacial score (nSPS) is 11.4. The molecule has 0 atom stereocenters. The zero-order valence-electron chi connectivity index (χ0n) is 12.0. The van der Waals surface area contributed by atoms with Crippen LogP contribution in [-0.4, -0.2) is 19.8 Å². The summed E-state index contributed by atoms with van der Waals surface area (Å²) in [6, 6.07) is 19.9. The van der Waals surface area contributed by atoms with Crippen LogP contribution in [0.15, 0.2) is 77.2 Å². The summed E-state index contributed by atoms with van der Waals surface area (Å²) in [5.41, 5.74) is 5.05. The molecule has 6 heteroatoms. The van der Waals surface area contributed by atoms with Crippen molar-refractivity contribution < 1.29 is 0 Å². The monoisotopic (exact) mass is 309 g/mol. The number of benzene rings is 2. The lowest BCUT2D eigenvalue weighted by Crippen LogP contribution is -2.02. The molecule has 0 spiro atoms. The predicted octanol–water partition coefficient (Wildman–Crippen LogP) is 3.38. The van der Waals surface area contributed by atoms with Crippen LogP contribution in [0.2, 0.25) is 0 Å². The van der Waals surface area contributed by atoms with Crippen LogP contribution in [0.25, 0.3) is 0 Å². The highest BCUT2D eigenvalue weighted by Gasteiger charge is 2.10. The van der Waals surface area contributed by atoms with Crippen molar-refractivity contribution in [2.45, 2.75) is 5.16 Å². The highest BCUT2D eigenvalue weighted by atomic mass is 32.2. The van der Waals surface area contributed by atoms with Gasteiger partial charge in [-0.2, -0.15) is 5.10 Å². The minimum atomic E-state index is 0.789. The van der Waals surface area contributed by atoms with Gasteiger partial charge in [0.2, 0.25) is 0 Å². The van der Waals surface area contributed by atoms with E-state index in [4.69, 9.17) is 0 Å². The Kier molecular flexibility index (Phi) is 4.50. The number of aryl methyl sites for hydroxylation is 1. The third kappa shape index (κ3) is 3.53. The van der Waals surface area contributed by atoms with E-state index < -0.39 is 0 Å². The highest BCUT2D eigenvalue weighted by Crippen LogP contribution is 2.21. The fourth-order valence-corrected chi connectivity index (χ4v) is 2.60. The van der Waals surface area contributed by atoms with Crippen LogP contribution >= 0.6 is 11.8 Å². The first kappa shape index (κ1) is 14.3. The summed E-state index contributed by atoms with van der Waals surface area (Å²) in [6.45, 7) is 0. The number of aromatic nitrogens is 3. The van der Waals surface area contributed by atoms with Gasteiger partial charge in [-0.3, -0.25) is 5.43 Å². The second-order valence-corrected chi connectivity index (χ2v) is 5.54. The first-order valence-electron chi connectivity index (χ1n) is 6.79. The molecule has 110 valence electrons. The molecular formula is C16H15N5S. The Morgan fingerprint density at radius 2 is 1.73 bits per heavy atom. The van der Waals surface area contributed by atoms with E-state index in [1.807, 2.05) is 72.3 Å². The minimum absolute atomic E-state index is 0.789. The summed E-state index contributed by atoms with van der Waals surface area (Å²) in [4.78, 5) is 0. The van der Waals surface area contributed by atoms with Gasteiger partial charge in [0, 0.05) is 12.6 Å². The van der Waals surface area contributed by atoms with Crippen LogP contribution < -0.4 is 5.43 Å². The quantitative estimate of drug-likeness (QED) is 0.347. The molecule has 22 heavy (non-hydrogen) atoms. The molecule has 0 saturated carbocycles. The Morgan fingerprint density at radius 3 is 2.36 bits per heavy atom. The maximum atomic E-state index is 4.53. The van der Waals surface area contributed by atoms with Gasteiger partial charge in [0.25, 0.3) is 0 Å². The van der Waals surface area contributed by atoms with Crippen molar-refractivity contribution >= 4 is 22.5 Å². The Balaban J connectivity index is 1.87. The lowest BCUT2D eigenvalue weighted by atomic mass is 10.2. The minimum Gasteiger partial charge on any atom is -0.311 e. The smallest absolute Gasteiger partial charge is 0.197 e. The number of hydrogen-bond donors (Lipinski definition) is 1. The molecular weight excluding hydrogens is 294 g/mol. The van der Waals surface area contributed by atoms with Crippen LogP contribution in [0.4, 0.5) is 5.69 Å². The number of nitrogens with zero attached hydrogens (tertiary/aromatic N) is 4. The molecule has 0 radical (unpaired) electrons. The number of anilines is 1. The maximum absolute atomic E-state index is 4.53. The molecule has 0 aliphatic heterocycles. The van der Waals surface area contributed by atoms with Crippen LogP contribution in [0.3, 0.4) is 0 Å². The zero-order valence-corrected chi connectivity index (χ0v) is 12.9. The number of nitrogens with one attached hydrogen (secondary N) is 1. The van der Waals surface area contributed by atoms with Crippen LogP contribution in [0.1, 0.15) is 5.56 Å². The topological polar surface area (TPSA) is 55.1 Å². The van der Waals surface area contributed by atoms with Gasteiger partial charge >= 0.3 is 0 Å². The standard InChI is InChI=1S/C16H15N5S/c1-21-12-17-20-16(21)22-15(13-8-4-2-5-9-13)19-18-14-10-6-3-7-11-14/h2-12,18H,1H3/b19-15+. The Morgan fingerprint density at radius 1 is 1.05 bits per heavy atom. The van der Waals surface area contributed by atoms with Gasteiger partial charge < -0.3 is 4.57 Å². The molecule has 0 amide bonds. The fraction of sp³-hybridized carbons (Fsp3) is 0.0625. The van der Waals surface area contributed by atoms with E-state index in [1.54, 1.807) is 6.33 Å². The molecule has 1 aromatic heterocycles. The summed E-state index contributed by atoms with van der Waals surface area (Å²) in [5.74, 6) is 0. The van der Waals surface area contributed by atoms with Crippen molar-refractivity contribution in [2.24, 2.45) is 12.1 Å². The van der Waals surface area contributed by atoms with Crippen LogP contribution in [0, 0.1) is 0 Å². The lowest BCUT2D eigenvalue weighted by molar-refractivity contribution is 0.791. The number of hydrogen-bond acceptors (Lipinski definition) is 5. The average Bonchev–Trinajstić information content (AvgIpc) is 2.98. The Hall–Kier alpha value is -2.60. The Labute approximate surface area is 133 Å². The van der Waals surface area contributed by atoms with E-state index in [9.17, 15) is 0 Å². The SMILES string of the molecule is Cn1cnnc1S/C(=N/Nc1ccccc1)c1ccccc1. The first-order valence-corrected chi connectivity index (χ1v) is 7.60. The average molecular weight is 309 g/mol. The van der Waals surface area contributed by atoms with Gasteiger partial charge in [-0.15, -0.1) is 10.2 Å². The third-order valence-corrected chi connectivity index (χ3v) is 4.01. The zero-order chi connectivity index (χ0) is 15.2. The van der Waals surface area contributed by atoms with Crippen molar-refractivity contribution in [3.63, 3.8) is 0 Å². The second kappa shape index (κ2) is 6.91. The largest absolute Gasteiger partial charge is 0.311 e. The molecule has 0 unspecified atom stereocenters. The van der Waals surface area contributed by atoms with Gasteiger partial charge in [-0.25, -0.2) is 0 Å². The van der Waals surface area contributed by atoms with E-state index in [1.165, 1.54) is 11.8 Å². The highest BCUT2D eigenvalue weighted by molar-refractivity contribution is 8.14. The first-order chi connectivity index (χ1) is 10.8. The number of rotatable bonds is 4. The summed E-state index contributed by atoms with van der Waals surface area (Å²) in [6.07, 6.45) is 1.68. The molecule has 5 nitrogen and oxygen atoms in total. The van der Waals surface area contributed by atoms with E-state index in [2.05, 4.69) is 20.7 Å². The van der Waals surface area contributed by atoms with Crippen molar-refractivity contribution in [3.8, 4) is 0 Å². The molecule has 2 aromatic carbocycles. The predicted molar refractivity (Wildman–Crippen MR) is 89.9 cm³/mol. The summed E-state index contributed by atoms with van der Waals surface area (Å²) in [5, 5.41) is 14.2. The molecule has 1 N–H and O–H groups in total. The summed E-state index contributed by atoms with van der Waals surface area (Å²) >= 11 is 1.47. The van der Waals surface area contributed by atoms with Crippen molar-refractivity contribution in [3.05, 3.63) is 72.6 Å². The molecule has 0 saturated heterocycles. The maximum Gasteiger partial charge on any atom is 0.197 e. The van der Waals surface area contributed by atoms with E-state index in [0.29, 0.717) is 0 Å². The van der Waals surface area contributed by atoms with E-state index >= 15 is 0 Å². The van der Waals surface area contributed by atoms with Crippen molar-refractivity contribution in [1.82, 2.24) is 14.8 Å². The van der Waals surface area contributed by atoms with Crippen molar-refractivity contribution in [2.75, 3.05) is 5.43 Å². The molecule has 3 aromatic rings. The van der Waals surface area contributed by atoms with Gasteiger partial charge in [0.05, 0.1) is 5.69 Å². The van der Waals surface area contributed by atoms with Gasteiger partial charge in [-0.1, -0.05) is 48.5 Å². The molecule has 0 bridgehead atoms. The summed E-state index contributed by atoms with van der Waals surface area (Å²) in [7, 11) is 1.91. The van der Waals surface area contributed by atoms with Gasteiger partial charge in [0.1, 0.15) is 11.4 Å². The number of hydrazone groups is 1. The molecule has 1 heterocycles. The molecule has 0 aliphatic carbocycles.